The summed E-state index contributed by atoms with van der Waals surface area (Å²) in [6.07, 6.45) is 1.59. The van der Waals surface area contributed by atoms with E-state index in [4.69, 9.17) is 16.3 Å². The third-order valence-corrected chi connectivity index (χ3v) is 7.22. The minimum Gasteiger partial charge on any atom is -0.494 e. The second-order valence-corrected chi connectivity index (χ2v) is 9.74. The third kappa shape index (κ3) is 5.20. The summed E-state index contributed by atoms with van der Waals surface area (Å²) in [5, 5.41) is -0.0802. The Hall–Kier alpha value is -2.49. The lowest BCUT2D eigenvalue weighted by atomic mass is 10.2. The van der Waals surface area contributed by atoms with Gasteiger partial charge in [0.05, 0.1) is 21.5 Å². The highest BCUT2D eigenvalue weighted by Gasteiger charge is 2.37. The molecule has 0 spiro atoms. The number of nitrogens with zero attached hydrogens (tertiary/aromatic N) is 3. The van der Waals surface area contributed by atoms with Crippen LogP contribution in [0.25, 0.3) is 6.08 Å². The van der Waals surface area contributed by atoms with Crippen LogP contribution in [-0.4, -0.2) is 66.7 Å². The van der Waals surface area contributed by atoms with E-state index < -0.39 is 11.1 Å². The van der Waals surface area contributed by atoms with Gasteiger partial charge in [-0.25, -0.2) is 0 Å². The molecule has 2 aromatic rings. The number of methoxy groups -OCH3 is 1. The quantitative estimate of drug-likeness (QED) is 0.511. The van der Waals surface area contributed by atoms with Gasteiger partial charge in [-0.15, -0.1) is 0 Å². The highest BCUT2D eigenvalue weighted by atomic mass is 79.9. The summed E-state index contributed by atoms with van der Waals surface area (Å²) in [5.41, 5.74) is 1.76. The zero-order valence-electron chi connectivity index (χ0n) is 17.8. The molecule has 0 saturated carbocycles. The number of rotatable bonds is 5. The summed E-state index contributed by atoms with van der Waals surface area (Å²) >= 11 is 10.4. The van der Waals surface area contributed by atoms with Crippen LogP contribution in [-0.2, 0) is 9.59 Å². The molecule has 2 fully saturated rings. The number of halogens is 2. The molecule has 0 aliphatic carbocycles. The minimum absolute atomic E-state index is 0.235. The number of para-hydroxylation sites is 1. The third-order valence-electron chi connectivity index (χ3n) is 5.44. The Labute approximate surface area is 209 Å². The predicted molar refractivity (Wildman–Crippen MR) is 134 cm³/mol. The molecule has 4 rings (SSSR count). The zero-order chi connectivity index (χ0) is 23.5. The van der Waals surface area contributed by atoms with Crippen molar-refractivity contribution in [1.82, 2.24) is 9.80 Å². The number of ether oxygens (including phenoxy) is 1. The van der Waals surface area contributed by atoms with Crippen LogP contribution in [0.4, 0.5) is 10.5 Å². The zero-order valence-corrected chi connectivity index (χ0v) is 21.0. The van der Waals surface area contributed by atoms with Gasteiger partial charge in [0, 0.05) is 31.9 Å². The first-order chi connectivity index (χ1) is 15.9. The Morgan fingerprint density at radius 1 is 1.15 bits per heavy atom. The number of carbonyl (C=O) groups excluding carboxylic acids is 3. The lowest BCUT2D eigenvalue weighted by Gasteiger charge is -2.36. The number of thioether (sulfide) groups is 1. The van der Waals surface area contributed by atoms with Gasteiger partial charge >= 0.3 is 0 Å². The molecule has 0 aromatic heterocycles. The van der Waals surface area contributed by atoms with E-state index in [2.05, 4.69) is 20.8 Å². The summed E-state index contributed by atoms with van der Waals surface area (Å²) in [4.78, 5) is 43.3. The second kappa shape index (κ2) is 10.2. The van der Waals surface area contributed by atoms with E-state index in [1.165, 1.54) is 7.11 Å². The predicted octanol–water partition coefficient (Wildman–Crippen LogP) is 4.50. The van der Waals surface area contributed by atoms with E-state index in [1.54, 1.807) is 23.1 Å². The summed E-state index contributed by atoms with van der Waals surface area (Å²) in [7, 11) is 1.51. The molecule has 33 heavy (non-hydrogen) atoms. The molecule has 0 bridgehead atoms. The van der Waals surface area contributed by atoms with E-state index >= 15 is 0 Å². The van der Waals surface area contributed by atoms with Gasteiger partial charge in [0.25, 0.3) is 11.1 Å². The highest BCUT2D eigenvalue weighted by Crippen LogP contribution is 2.37. The van der Waals surface area contributed by atoms with Crippen molar-refractivity contribution in [3.05, 3.63) is 62.4 Å². The van der Waals surface area contributed by atoms with Gasteiger partial charge in [0.2, 0.25) is 5.91 Å². The fourth-order valence-corrected chi connectivity index (χ4v) is 5.63. The first kappa shape index (κ1) is 23.7. The van der Waals surface area contributed by atoms with Crippen molar-refractivity contribution in [2.24, 2.45) is 0 Å². The van der Waals surface area contributed by atoms with Crippen LogP contribution in [0.5, 0.6) is 5.75 Å². The Morgan fingerprint density at radius 3 is 2.48 bits per heavy atom. The van der Waals surface area contributed by atoms with Crippen LogP contribution in [0, 0.1) is 0 Å². The Kier molecular flexibility index (Phi) is 7.31. The summed E-state index contributed by atoms with van der Waals surface area (Å²) in [5.74, 6) is -0.231. The van der Waals surface area contributed by atoms with Crippen molar-refractivity contribution in [3.8, 4) is 5.75 Å². The van der Waals surface area contributed by atoms with Crippen molar-refractivity contribution < 1.29 is 19.1 Å². The molecule has 2 aliphatic rings. The molecule has 2 heterocycles. The Bertz CT molecular complexity index is 1100. The lowest BCUT2D eigenvalue weighted by molar-refractivity contribution is -0.136. The largest absolute Gasteiger partial charge is 0.494 e. The normalized spacial score (nSPS) is 17.8. The fraction of sp³-hybridized carbons (Fsp3) is 0.261. The minimum atomic E-state index is -0.482. The Morgan fingerprint density at radius 2 is 1.85 bits per heavy atom. The van der Waals surface area contributed by atoms with Gasteiger partial charge < -0.3 is 14.5 Å². The standard InChI is InChI=1S/C23H21BrClN3O4S/c1-32-21-17(24)11-15(12-18(21)25)13-19-22(30)28(23(31)33-19)14-20(29)27-9-7-26(8-10-27)16-5-3-2-4-6-16/h2-6,11-13H,7-10,14H2,1H3/b19-13+. The molecule has 0 radical (unpaired) electrons. The van der Waals surface area contributed by atoms with Gasteiger partial charge in [-0.1, -0.05) is 29.8 Å². The van der Waals surface area contributed by atoms with Crippen LogP contribution in [0.15, 0.2) is 51.8 Å². The van der Waals surface area contributed by atoms with Crippen LogP contribution in [0.2, 0.25) is 5.02 Å². The monoisotopic (exact) mass is 549 g/mol. The molecule has 0 unspecified atom stereocenters. The van der Waals surface area contributed by atoms with Crippen LogP contribution < -0.4 is 9.64 Å². The first-order valence-electron chi connectivity index (χ1n) is 10.2. The smallest absolute Gasteiger partial charge is 0.294 e. The van der Waals surface area contributed by atoms with Gasteiger partial charge in [-0.3, -0.25) is 19.3 Å². The van der Waals surface area contributed by atoms with Crippen LogP contribution >= 0.6 is 39.3 Å². The molecule has 3 amide bonds. The number of hydrogen-bond donors (Lipinski definition) is 0. The van der Waals surface area contributed by atoms with Gasteiger partial charge in [-0.2, -0.15) is 0 Å². The first-order valence-corrected chi connectivity index (χ1v) is 12.2. The molecule has 2 aliphatic heterocycles. The molecule has 0 N–H and O–H groups in total. The van der Waals surface area contributed by atoms with Crippen molar-refractivity contribution in [3.63, 3.8) is 0 Å². The topological polar surface area (TPSA) is 70.2 Å². The van der Waals surface area contributed by atoms with E-state index in [1.807, 2.05) is 30.3 Å². The second-order valence-electron chi connectivity index (χ2n) is 7.49. The van der Waals surface area contributed by atoms with E-state index in [9.17, 15) is 14.4 Å². The number of imide groups is 1. The Balaban J connectivity index is 1.39. The van der Waals surface area contributed by atoms with E-state index in [-0.39, 0.29) is 17.4 Å². The molecular formula is C23H21BrClN3O4S. The fourth-order valence-electron chi connectivity index (χ4n) is 3.73. The molecule has 7 nitrogen and oxygen atoms in total. The molecule has 0 atom stereocenters. The molecule has 10 heteroatoms. The maximum absolute atomic E-state index is 12.8. The molecule has 2 saturated heterocycles. The number of anilines is 1. The number of hydrogen-bond acceptors (Lipinski definition) is 6. The highest BCUT2D eigenvalue weighted by molar-refractivity contribution is 9.10. The van der Waals surface area contributed by atoms with Crippen molar-refractivity contribution in [2.75, 3.05) is 44.7 Å². The van der Waals surface area contributed by atoms with Crippen molar-refractivity contribution in [1.29, 1.82) is 0 Å². The summed E-state index contributed by atoms with van der Waals surface area (Å²) < 4.78 is 5.84. The lowest BCUT2D eigenvalue weighted by Crippen LogP contribution is -2.51. The molecule has 172 valence electrons. The average Bonchev–Trinajstić information content (AvgIpc) is 3.07. The summed E-state index contributed by atoms with van der Waals surface area (Å²) in [6.45, 7) is 2.21. The summed E-state index contributed by atoms with van der Waals surface area (Å²) in [6, 6.07) is 13.4. The van der Waals surface area contributed by atoms with Crippen molar-refractivity contribution >= 4 is 68.1 Å². The van der Waals surface area contributed by atoms with Crippen LogP contribution in [0.3, 0.4) is 0 Å². The number of piperazine rings is 1. The SMILES string of the molecule is COc1c(Cl)cc(/C=C2/SC(=O)N(CC(=O)N3CCN(c4ccccc4)CC3)C2=O)cc1Br. The number of carbonyl (C=O) groups is 3. The average molecular weight is 551 g/mol. The van der Waals surface area contributed by atoms with Gasteiger partial charge in [-0.05, 0) is 63.6 Å². The van der Waals surface area contributed by atoms with Crippen LogP contribution in [0.1, 0.15) is 5.56 Å². The van der Waals surface area contributed by atoms with Gasteiger partial charge in [0.1, 0.15) is 6.54 Å². The number of amides is 3. The number of benzene rings is 2. The maximum atomic E-state index is 12.8. The van der Waals surface area contributed by atoms with Crippen molar-refractivity contribution in [2.45, 2.75) is 0 Å². The van der Waals surface area contributed by atoms with E-state index in [0.717, 1.165) is 22.3 Å². The van der Waals surface area contributed by atoms with Gasteiger partial charge in [0.15, 0.2) is 5.75 Å². The van der Waals surface area contributed by atoms with E-state index in [0.29, 0.717) is 47.0 Å². The molecule has 2 aromatic carbocycles. The molecular weight excluding hydrogens is 530 g/mol. The maximum Gasteiger partial charge on any atom is 0.294 e.